The van der Waals surface area contributed by atoms with Crippen LogP contribution in [0.4, 0.5) is 0 Å². The van der Waals surface area contributed by atoms with Gasteiger partial charge in [0.15, 0.2) is 0 Å². The fourth-order valence-electron chi connectivity index (χ4n) is 2.20. The van der Waals surface area contributed by atoms with Crippen molar-refractivity contribution in [1.82, 2.24) is 5.01 Å². The third-order valence-corrected chi connectivity index (χ3v) is 3.96. The normalized spacial score (nSPS) is 18.4. The van der Waals surface area contributed by atoms with E-state index in [9.17, 15) is 8.42 Å². The van der Waals surface area contributed by atoms with E-state index >= 15 is 0 Å². The molecule has 1 rings (SSSR count). The lowest BCUT2D eigenvalue weighted by Crippen LogP contribution is -2.34. The molecule has 0 aromatic heterocycles. The summed E-state index contributed by atoms with van der Waals surface area (Å²) in [6.07, 6.45) is 7.80. The zero-order valence-electron chi connectivity index (χ0n) is 11.5. The van der Waals surface area contributed by atoms with Crippen molar-refractivity contribution in [2.45, 2.75) is 45.1 Å². The van der Waals surface area contributed by atoms with Crippen LogP contribution in [0, 0.1) is 0 Å². The van der Waals surface area contributed by atoms with E-state index in [4.69, 9.17) is 0 Å². The van der Waals surface area contributed by atoms with E-state index in [0.29, 0.717) is 23.4 Å². The van der Waals surface area contributed by atoms with Gasteiger partial charge in [-0.05, 0) is 12.8 Å². The van der Waals surface area contributed by atoms with Gasteiger partial charge in [-0.25, -0.2) is 0 Å². The van der Waals surface area contributed by atoms with E-state index in [1.54, 1.807) is 12.2 Å². The molecule has 1 unspecified atom stereocenters. The lowest BCUT2D eigenvalue weighted by molar-refractivity contribution is 0.261. The van der Waals surface area contributed by atoms with Crippen LogP contribution in [0.3, 0.4) is 0 Å². The summed E-state index contributed by atoms with van der Waals surface area (Å²) in [6, 6.07) is -0.192. The van der Waals surface area contributed by atoms with Crippen molar-refractivity contribution >= 4 is 20.9 Å². The highest BCUT2D eigenvalue weighted by molar-refractivity contribution is 7.75. The average molecular weight is 282 g/mol. The first-order valence-corrected chi connectivity index (χ1v) is 7.75. The maximum Gasteiger partial charge on any atom is 0.221 e. The van der Waals surface area contributed by atoms with E-state index in [-0.39, 0.29) is 6.04 Å². The Kier molecular flexibility index (Phi) is 6.56. The van der Waals surface area contributed by atoms with Crippen molar-refractivity contribution in [2.24, 2.45) is 5.10 Å². The molecule has 0 amide bonds. The highest BCUT2D eigenvalue weighted by Crippen LogP contribution is 2.19. The second-order valence-electron chi connectivity index (χ2n) is 4.55. The van der Waals surface area contributed by atoms with Crippen LogP contribution in [0.5, 0.6) is 0 Å². The summed E-state index contributed by atoms with van der Waals surface area (Å²) in [4.78, 5) is 0.399. The molecule has 19 heavy (non-hydrogen) atoms. The monoisotopic (exact) mass is 282 g/mol. The molecule has 4 nitrogen and oxygen atoms in total. The van der Waals surface area contributed by atoms with Gasteiger partial charge >= 0.3 is 0 Å². The molecule has 0 aliphatic carbocycles. The Hall–Kier alpha value is -1.36. The molecule has 1 aliphatic heterocycles. The molecular weight excluding hydrogens is 260 g/mol. The molecule has 0 fully saturated rings. The van der Waals surface area contributed by atoms with E-state index < -0.39 is 10.3 Å². The van der Waals surface area contributed by atoms with Gasteiger partial charge < -0.3 is 0 Å². The van der Waals surface area contributed by atoms with Gasteiger partial charge in [0.05, 0.1) is 11.8 Å². The number of unbranched alkanes of at least 4 members (excludes halogenated alkanes) is 2. The summed E-state index contributed by atoms with van der Waals surface area (Å²) in [7, 11) is -2.23. The first kappa shape index (κ1) is 15.7. The van der Waals surface area contributed by atoms with Crippen LogP contribution in [0.1, 0.15) is 39.0 Å². The molecule has 0 aromatic rings. The number of hydrogen-bond donors (Lipinski definition) is 0. The van der Waals surface area contributed by atoms with Crippen LogP contribution in [0.15, 0.2) is 30.4 Å². The zero-order chi connectivity index (χ0) is 14.3. The first-order chi connectivity index (χ1) is 9.15. The molecule has 1 aliphatic rings. The Morgan fingerprint density at radius 1 is 1.32 bits per heavy atom. The van der Waals surface area contributed by atoms with Gasteiger partial charge in [0.2, 0.25) is 10.3 Å². The molecule has 0 spiro atoms. The number of hydrazone groups is 1. The quantitative estimate of drug-likeness (QED) is 0.390. The molecule has 1 atom stereocenters. The molecule has 0 saturated carbocycles. The molecule has 106 valence electrons. The Bertz CT molecular complexity index is 484. The maximum atomic E-state index is 11.4. The minimum absolute atomic E-state index is 0.192. The Morgan fingerprint density at radius 2 is 2.05 bits per heavy atom. The predicted octanol–water partition coefficient (Wildman–Crippen LogP) is 2.42. The van der Waals surface area contributed by atoms with Crippen LogP contribution in [-0.2, 0) is 10.3 Å². The van der Waals surface area contributed by atoms with E-state index in [2.05, 4.69) is 25.2 Å². The fraction of sp³-hybridized carbons (Fsp3) is 0.571. The minimum Gasteiger partial charge on any atom is -0.288 e. The van der Waals surface area contributed by atoms with Gasteiger partial charge in [0.1, 0.15) is 4.86 Å². The summed E-state index contributed by atoms with van der Waals surface area (Å²) in [6.45, 7) is 10.3. The number of allylic oxidation sites excluding steroid dienone is 1. The Labute approximate surface area is 117 Å². The topological polar surface area (TPSA) is 49.7 Å². The van der Waals surface area contributed by atoms with E-state index in [0.717, 1.165) is 25.8 Å². The van der Waals surface area contributed by atoms with Crippen molar-refractivity contribution in [3.63, 3.8) is 0 Å². The van der Waals surface area contributed by atoms with Gasteiger partial charge in [-0.15, -0.1) is 13.2 Å². The summed E-state index contributed by atoms with van der Waals surface area (Å²) in [5.41, 5.74) is 0.617. The van der Waals surface area contributed by atoms with E-state index in [1.807, 2.05) is 5.01 Å². The largest absolute Gasteiger partial charge is 0.288 e. The smallest absolute Gasteiger partial charge is 0.221 e. The molecule has 1 heterocycles. The van der Waals surface area contributed by atoms with Gasteiger partial charge in [0.25, 0.3) is 0 Å². The van der Waals surface area contributed by atoms with Crippen LogP contribution in [0.2, 0.25) is 0 Å². The average Bonchev–Trinajstić information content (AvgIpc) is 2.69. The van der Waals surface area contributed by atoms with E-state index in [1.165, 1.54) is 0 Å². The predicted molar refractivity (Wildman–Crippen MR) is 81.0 cm³/mol. The van der Waals surface area contributed by atoms with Crippen molar-refractivity contribution in [2.75, 3.05) is 6.54 Å². The third-order valence-electron chi connectivity index (χ3n) is 3.09. The third kappa shape index (κ3) is 4.06. The first-order valence-electron chi connectivity index (χ1n) is 6.68. The second-order valence-corrected chi connectivity index (χ2v) is 5.46. The van der Waals surface area contributed by atoms with Gasteiger partial charge in [-0.2, -0.15) is 13.5 Å². The molecule has 0 radical (unpaired) electrons. The number of rotatable bonds is 8. The lowest BCUT2D eigenvalue weighted by atomic mass is 10.1. The molecule has 0 saturated heterocycles. The van der Waals surface area contributed by atoms with Gasteiger partial charge in [-0.3, -0.25) is 5.01 Å². The number of hydrogen-bond acceptors (Lipinski definition) is 4. The lowest BCUT2D eigenvalue weighted by Gasteiger charge is -2.21. The van der Waals surface area contributed by atoms with Crippen molar-refractivity contribution in [3.05, 3.63) is 25.3 Å². The van der Waals surface area contributed by atoms with Gasteiger partial charge in [-0.1, -0.05) is 31.9 Å². The van der Waals surface area contributed by atoms with Crippen LogP contribution in [-0.4, -0.2) is 36.6 Å². The highest BCUT2D eigenvalue weighted by atomic mass is 32.2. The molecule has 0 aromatic carbocycles. The summed E-state index contributed by atoms with van der Waals surface area (Å²) in [5, 5.41) is 6.34. The van der Waals surface area contributed by atoms with Crippen molar-refractivity contribution < 1.29 is 8.42 Å². The molecule has 5 heteroatoms. The van der Waals surface area contributed by atoms with Crippen LogP contribution >= 0.6 is 0 Å². The highest BCUT2D eigenvalue weighted by Gasteiger charge is 2.32. The maximum absolute atomic E-state index is 11.4. The fourth-order valence-corrected chi connectivity index (χ4v) is 2.96. The van der Waals surface area contributed by atoms with Crippen LogP contribution < -0.4 is 0 Å². The summed E-state index contributed by atoms with van der Waals surface area (Å²) >= 11 is 0. The van der Waals surface area contributed by atoms with Crippen molar-refractivity contribution in [3.8, 4) is 0 Å². The summed E-state index contributed by atoms with van der Waals surface area (Å²) in [5.74, 6) is 0. The SMILES string of the molecule is C=CCC1=NN(CCCCC)C(CC=C)C1=S(=O)=O. The second kappa shape index (κ2) is 7.94. The Morgan fingerprint density at radius 3 is 2.58 bits per heavy atom. The minimum atomic E-state index is -2.23. The molecule has 0 N–H and O–H groups in total. The molecule has 0 bridgehead atoms. The standard InChI is InChI=1S/C14H22N2O2S/c1-4-7-8-11-16-13(10-6-3)14(19(17)18)12(15-16)9-5-2/h5-6,13H,2-4,7-11H2,1H3. The van der Waals surface area contributed by atoms with Gasteiger partial charge in [0, 0.05) is 13.0 Å². The van der Waals surface area contributed by atoms with Crippen LogP contribution in [0.25, 0.3) is 0 Å². The van der Waals surface area contributed by atoms with Crippen molar-refractivity contribution in [1.29, 1.82) is 0 Å². The number of nitrogens with zero attached hydrogens (tertiary/aromatic N) is 2. The Balaban J connectivity index is 2.97. The summed E-state index contributed by atoms with van der Waals surface area (Å²) < 4.78 is 22.9. The molecular formula is C14H22N2O2S. The zero-order valence-corrected chi connectivity index (χ0v) is 12.3.